The molecule has 0 aromatic carbocycles. The van der Waals surface area contributed by atoms with Crippen LogP contribution in [0.3, 0.4) is 0 Å². The first-order chi connectivity index (χ1) is 13.4. The highest BCUT2D eigenvalue weighted by molar-refractivity contribution is 7.37. The summed E-state index contributed by atoms with van der Waals surface area (Å²) in [5, 5.41) is 8.59. The fourth-order valence-corrected chi connectivity index (χ4v) is 7.24. The largest absolute Gasteiger partial charge is 0.143 e. The first kappa shape index (κ1) is 26.3. The van der Waals surface area contributed by atoms with Gasteiger partial charge in [-0.25, -0.2) is 0 Å². The van der Waals surface area contributed by atoms with Gasteiger partial charge in [0.1, 0.15) is 0 Å². The zero-order valence-electron chi connectivity index (χ0n) is 17.7. The summed E-state index contributed by atoms with van der Waals surface area (Å²) in [5.41, 5.74) is 0. The van der Waals surface area contributed by atoms with E-state index in [1.165, 1.54) is 28.2 Å². The minimum Gasteiger partial charge on any atom is -0.143 e. The fraction of sp³-hybridized carbons (Fsp3) is 0.364. The van der Waals surface area contributed by atoms with E-state index in [-0.39, 0.29) is 0 Å². The summed E-state index contributed by atoms with van der Waals surface area (Å²) in [7, 11) is 0. The van der Waals surface area contributed by atoms with E-state index in [0.29, 0.717) is 0 Å². The third-order valence-electron chi connectivity index (χ3n) is 2.76. The van der Waals surface area contributed by atoms with Crippen molar-refractivity contribution in [1.29, 1.82) is 0 Å². The van der Waals surface area contributed by atoms with Crippen molar-refractivity contribution >= 4 is 84.9 Å². The van der Waals surface area contributed by atoms with Gasteiger partial charge in [0.05, 0.1) is 9.40 Å². The normalized spacial score (nSPS) is 8.74. The van der Waals surface area contributed by atoms with E-state index in [1.54, 1.807) is 22.7 Å². The van der Waals surface area contributed by atoms with Crippen LogP contribution in [0.25, 0.3) is 28.2 Å². The predicted octanol–water partition coefficient (Wildman–Crippen LogP) is 11.2. The van der Waals surface area contributed by atoms with Crippen molar-refractivity contribution in [3.05, 3.63) is 45.8 Å². The molecule has 0 bridgehead atoms. The summed E-state index contributed by atoms with van der Waals surface area (Å²) < 4.78 is 8.65. The highest BCUT2D eigenvalue weighted by Crippen LogP contribution is 2.40. The van der Waals surface area contributed by atoms with Gasteiger partial charge in [0, 0.05) is 18.8 Å². The zero-order valence-corrected chi connectivity index (χ0v) is 21.7. The molecule has 0 radical (unpaired) electrons. The number of hydrogen-bond donors (Lipinski definition) is 0. The van der Waals surface area contributed by atoms with Crippen LogP contribution in [0.5, 0.6) is 0 Å². The summed E-state index contributed by atoms with van der Waals surface area (Å²) in [6.07, 6.45) is 0. The molecule has 5 heterocycles. The Morgan fingerprint density at radius 1 is 0.407 bits per heavy atom. The Kier molecular flexibility index (Phi) is 15.8. The van der Waals surface area contributed by atoms with E-state index in [2.05, 4.69) is 45.8 Å². The van der Waals surface area contributed by atoms with Gasteiger partial charge in [0.2, 0.25) is 0 Å². The number of thiophene rings is 5. The average molecular weight is 457 g/mol. The van der Waals surface area contributed by atoms with Gasteiger partial charge in [-0.15, -0.1) is 56.7 Å². The first-order valence-corrected chi connectivity index (χ1v) is 14.0. The van der Waals surface area contributed by atoms with Gasteiger partial charge in [-0.3, -0.25) is 0 Å². The molecular weight excluding hydrogens is 425 g/mol. The summed E-state index contributed by atoms with van der Waals surface area (Å²) in [4.78, 5) is 0. The van der Waals surface area contributed by atoms with Crippen LogP contribution in [0.4, 0.5) is 0 Å². The SMILES string of the molecule is CC.CC.CC.CC.c1cc2sc3ccsc3c2s1.c1cc2sccc2s1. The summed E-state index contributed by atoms with van der Waals surface area (Å²) in [6, 6.07) is 8.73. The first-order valence-electron chi connectivity index (χ1n) is 9.66. The molecule has 27 heavy (non-hydrogen) atoms. The van der Waals surface area contributed by atoms with Crippen molar-refractivity contribution in [2.75, 3.05) is 0 Å². The van der Waals surface area contributed by atoms with E-state index < -0.39 is 0 Å². The van der Waals surface area contributed by atoms with E-state index in [0.717, 1.165) is 0 Å². The van der Waals surface area contributed by atoms with Crippen LogP contribution in [0.1, 0.15) is 55.4 Å². The Hall–Kier alpha value is -0.720. The van der Waals surface area contributed by atoms with Crippen LogP contribution in [0.2, 0.25) is 0 Å². The maximum absolute atomic E-state index is 2.21. The average Bonchev–Trinajstić information content (AvgIpc) is 3.52. The van der Waals surface area contributed by atoms with Crippen molar-refractivity contribution in [3.8, 4) is 0 Å². The quantitative estimate of drug-likeness (QED) is 0.217. The van der Waals surface area contributed by atoms with Gasteiger partial charge >= 0.3 is 0 Å². The highest BCUT2D eigenvalue weighted by Gasteiger charge is 2.05. The van der Waals surface area contributed by atoms with Crippen LogP contribution in [0, 0.1) is 0 Å². The van der Waals surface area contributed by atoms with Crippen molar-refractivity contribution in [2.45, 2.75) is 55.4 Å². The lowest BCUT2D eigenvalue weighted by Crippen LogP contribution is -1.39. The Labute approximate surface area is 185 Å². The fourth-order valence-electron chi connectivity index (χ4n) is 1.90. The molecule has 0 aliphatic rings. The Morgan fingerprint density at radius 3 is 1.07 bits per heavy atom. The third-order valence-corrected chi connectivity index (χ3v) is 8.02. The minimum absolute atomic E-state index is 1.41. The maximum atomic E-state index is 2.21. The van der Waals surface area contributed by atoms with Gasteiger partial charge < -0.3 is 0 Å². The van der Waals surface area contributed by atoms with E-state index in [1.807, 2.05) is 89.4 Å². The second-order valence-electron chi connectivity index (χ2n) is 3.90. The lowest BCUT2D eigenvalue weighted by molar-refractivity contribution is 1.50. The van der Waals surface area contributed by atoms with Gasteiger partial charge in [-0.1, -0.05) is 55.4 Å². The predicted molar refractivity (Wildman–Crippen MR) is 140 cm³/mol. The maximum Gasteiger partial charge on any atom is 0.0629 e. The minimum atomic E-state index is 1.41. The Balaban J connectivity index is 0.000000376. The summed E-state index contributed by atoms with van der Waals surface area (Å²) >= 11 is 9.20. The molecule has 0 amide bonds. The van der Waals surface area contributed by atoms with Gasteiger partial charge in [-0.2, -0.15) is 0 Å². The molecular formula is C22H32S5. The van der Waals surface area contributed by atoms with Crippen LogP contribution in [0.15, 0.2) is 45.8 Å². The highest BCUT2D eigenvalue weighted by atomic mass is 32.1. The van der Waals surface area contributed by atoms with Crippen molar-refractivity contribution in [3.63, 3.8) is 0 Å². The van der Waals surface area contributed by atoms with Crippen LogP contribution in [-0.2, 0) is 0 Å². The van der Waals surface area contributed by atoms with E-state index in [9.17, 15) is 0 Å². The Bertz CT molecular complexity index is 833. The van der Waals surface area contributed by atoms with Crippen LogP contribution >= 0.6 is 56.7 Å². The molecule has 5 rings (SSSR count). The molecule has 0 fully saturated rings. The zero-order chi connectivity index (χ0) is 20.7. The molecule has 0 unspecified atom stereocenters. The third kappa shape index (κ3) is 7.31. The van der Waals surface area contributed by atoms with Gasteiger partial charge in [-0.05, 0) is 45.8 Å². The molecule has 5 aromatic rings. The molecule has 0 atom stereocenters. The molecule has 0 aliphatic carbocycles. The van der Waals surface area contributed by atoms with E-state index in [4.69, 9.17) is 0 Å². The van der Waals surface area contributed by atoms with Crippen molar-refractivity contribution < 1.29 is 0 Å². The number of rotatable bonds is 0. The standard InChI is InChI=1S/C8H4S3.C6H4S2.4C2H6/c1-3-9-7-5(1)11-6-2-4-10-8(6)7;1-3-7-6-2-4-8-5(1)6;4*1-2/h1-4H;1-4H;4*1-2H3. The van der Waals surface area contributed by atoms with Gasteiger partial charge in [0.15, 0.2) is 0 Å². The number of hydrogen-bond acceptors (Lipinski definition) is 5. The lowest BCUT2D eigenvalue weighted by Gasteiger charge is -1.71. The van der Waals surface area contributed by atoms with Gasteiger partial charge in [0.25, 0.3) is 0 Å². The number of fused-ring (bicyclic) bond motifs is 4. The summed E-state index contributed by atoms with van der Waals surface area (Å²) in [6.45, 7) is 16.0. The van der Waals surface area contributed by atoms with Crippen molar-refractivity contribution in [1.82, 2.24) is 0 Å². The molecule has 0 saturated carbocycles. The Morgan fingerprint density at radius 2 is 0.704 bits per heavy atom. The molecule has 5 heteroatoms. The molecule has 0 spiro atoms. The topological polar surface area (TPSA) is 0 Å². The molecule has 0 saturated heterocycles. The molecule has 0 nitrogen and oxygen atoms in total. The monoisotopic (exact) mass is 456 g/mol. The second-order valence-corrected chi connectivity index (χ2v) is 8.71. The summed E-state index contributed by atoms with van der Waals surface area (Å²) in [5.74, 6) is 0. The lowest BCUT2D eigenvalue weighted by atomic mass is 10.5. The van der Waals surface area contributed by atoms with E-state index >= 15 is 0 Å². The second kappa shape index (κ2) is 16.3. The molecule has 0 N–H and O–H groups in total. The van der Waals surface area contributed by atoms with Crippen molar-refractivity contribution in [2.24, 2.45) is 0 Å². The van der Waals surface area contributed by atoms with Crippen LogP contribution in [-0.4, -0.2) is 0 Å². The smallest absolute Gasteiger partial charge is 0.0629 e. The molecule has 5 aromatic heterocycles. The molecule has 150 valence electrons. The van der Waals surface area contributed by atoms with Crippen LogP contribution < -0.4 is 0 Å². The molecule has 0 aliphatic heterocycles.